The smallest absolute Gasteiger partial charge is 0.234 e. The number of nitrogens with one attached hydrogen (secondary N) is 1. The Labute approximate surface area is 127 Å². The summed E-state index contributed by atoms with van der Waals surface area (Å²) >= 11 is 5.99. The molecule has 21 heavy (non-hydrogen) atoms. The molecule has 0 atom stereocenters. The van der Waals surface area contributed by atoms with Gasteiger partial charge in [0.05, 0.1) is 32.9 Å². The fourth-order valence-electron chi connectivity index (χ4n) is 1.80. The van der Waals surface area contributed by atoms with E-state index in [-0.39, 0.29) is 12.5 Å². The number of aromatic nitrogens is 3. The summed E-state index contributed by atoms with van der Waals surface area (Å²) in [6, 6.07) is 5.38. The van der Waals surface area contributed by atoms with Gasteiger partial charge in [0.2, 0.25) is 5.91 Å². The van der Waals surface area contributed by atoms with E-state index in [0.717, 1.165) is 11.3 Å². The van der Waals surface area contributed by atoms with E-state index in [0.29, 0.717) is 23.8 Å². The SMILES string of the molecule is COc1ccc(Cl)cc1Cn1cc(CNC(=O)CN)nn1. The third-order valence-corrected chi connectivity index (χ3v) is 3.05. The van der Waals surface area contributed by atoms with Crippen LogP contribution in [-0.2, 0) is 17.9 Å². The second-order valence-corrected chi connectivity index (χ2v) is 4.78. The number of methoxy groups -OCH3 is 1. The highest BCUT2D eigenvalue weighted by molar-refractivity contribution is 6.30. The lowest BCUT2D eigenvalue weighted by Crippen LogP contribution is -2.29. The maximum atomic E-state index is 11.1. The zero-order valence-corrected chi connectivity index (χ0v) is 12.3. The third-order valence-electron chi connectivity index (χ3n) is 2.81. The molecule has 1 amide bonds. The quantitative estimate of drug-likeness (QED) is 0.813. The maximum absolute atomic E-state index is 11.1. The Hall–Kier alpha value is -2.12. The van der Waals surface area contributed by atoms with Crippen molar-refractivity contribution in [2.45, 2.75) is 13.1 Å². The van der Waals surface area contributed by atoms with E-state index in [1.807, 2.05) is 6.07 Å². The van der Waals surface area contributed by atoms with Crippen LogP contribution in [0.4, 0.5) is 0 Å². The molecule has 0 aliphatic carbocycles. The van der Waals surface area contributed by atoms with Gasteiger partial charge in [-0.2, -0.15) is 0 Å². The Kier molecular flexibility index (Phi) is 5.13. The van der Waals surface area contributed by atoms with Crippen LogP contribution in [0.25, 0.3) is 0 Å². The Balaban J connectivity index is 2.05. The summed E-state index contributed by atoms with van der Waals surface area (Å²) in [6.45, 7) is 0.720. The average molecular weight is 310 g/mol. The van der Waals surface area contributed by atoms with Gasteiger partial charge in [0.1, 0.15) is 11.4 Å². The number of carbonyl (C=O) groups excluding carboxylic acids is 1. The summed E-state index contributed by atoms with van der Waals surface area (Å²) in [6.07, 6.45) is 1.75. The van der Waals surface area contributed by atoms with E-state index < -0.39 is 0 Å². The zero-order valence-electron chi connectivity index (χ0n) is 11.5. The Morgan fingerprint density at radius 1 is 1.52 bits per heavy atom. The lowest BCUT2D eigenvalue weighted by Gasteiger charge is -2.08. The molecule has 2 rings (SSSR count). The predicted molar refractivity (Wildman–Crippen MR) is 78.0 cm³/mol. The number of amides is 1. The number of nitrogens with zero attached hydrogens (tertiary/aromatic N) is 3. The zero-order chi connectivity index (χ0) is 15.2. The van der Waals surface area contributed by atoms with Gasteiger partial charge in [0.25, 0.3) is 0 Å². The molecular formula is C13H16ClN5O2. The molecule has 0 bridgehead atoms. The van der Waals surface area contributed by atoms with Crippen LogP contribution in [0, 0.1) is 0 Å². The van der Waals surface area contributed by atoms with Crippen LogP contribution in [0.3, 0.4) is 0 Å². The van der Waals surface area contributed by atoms with Gasteiger partial charge in [-0.25, -0.2) is 4.68 Å². The second-order valence-electron chi connectivity index (χ2n) is 4.34. The van der Waals surface area contributed by atoms with Crippen molar-refractivity contribution in [1.82, 2.24) is 20.3 Å². The van der Waals surface area contributed by atoms with E-state index in [9.17, 15) is 4.79 Å². The van der Waals surface area contributed by atoms with Crippen LogP contribution in [0.5, 0.6) is 5.75 Å². The number of rotatable bonds is 6. The van der Waals surface area contributed by atoms with Gasteiger partial charge in [-0.3, -0.25) is 4.79 Å². The number of benzene rings is 1. The molecule has 0 aliphatic rings. The largest absolute Gasteiger partial charge is 0.496 e. The summed E-state index contributed by atoms with van der Waals surface area (Å²) in [5.41, 5.74) is 6.76. The van der Waals surface area contributed by atoms with E-state index in [4.69, 9.17) is 22.1 Å². The standard InChI is InChI=1S/C13H16ClN5O2/c1-21-12-3-2-10(14)4-9(12)7-19-8-11(17-18-19)6-16-13(20)5-15/h2-4,8H,5-7,15H2,1H3,(H,16,20). The highest BCUT2D eigenvalue weighted by atomic mass is 35.5. The molecule has 0 fully saturated rings. The van der Waals surface area contributed by atoms with Crippen molar-refractivity contribution in [2.24, 2.45) is 5.73 Å². The monoisotopic (exact) mass is 309 g/mol. The lowest BCUT2D eigenvalue weighted by atomic mass is 10.2. The summed E-state index contributed by atoms with van der Waals surface area (Å²) < 4.78 is 6.93. The van der Waals surface area contributed by atoms with Gasteiger partial charge < -0.3 is 15.8 Å². The fraction of sp³-hybridized carbons (Fsp3) is 0.308. The van der Waals surface area contributed by atoms with Crippen molar-refractivity contribution in [3.05, 3.63) is 40.7 Å². The van der Waals surface area contributed by atoms with Crippen LogP contribution in [-0.4, -0.2) is 34.6 Å². The molecule has 3 N–H and O–H groups in total. The minimum absolute atomic E-state index is 0.0478. The summed E-state index contributed by atoms with van der Waals surface area (Å²) in [4.78, 5) is 11.1. The normalized spacial score (nSPS) is 10.4. The first-order valence-corrected chi connectivity index (χ1v) is 6.68. The molecule has 0 radical (unpaired) electrons. The number of halogens is 1. The van der Waals surface area contributed by atoms with Crippen LogP contribution in [0.15, 0.2) is 24.4 Å². The lowest BCUT2D eigenvalue weighted by molar-refractivity contribution is -0.119. The van der Waals surface area contributed by atoms with E-state index in [1.165, 1.54) is 0 Å². The van der Waals surface area contributed by atoms with Crippen molar-refractivity contribution in [3.63, 3.8) is 0 Å². The number of hydrogen-bond donors (Lipinski definition) is 2. The van der Waals surface area contributed by atoms with Crippen molar-refractivity contribution in [3.8, 4) is 5.75 Å². The number of nitrogens with two attached hydrogens (primary N) is 1. The molecule has 1 heterocycles. The molecule has 1 aromatic heterocycles. The fourth-order valence-corrected chi connectivity index (χ4v) is 2.00. The van der Waals surface area contributed by atoms with Crippen molar-refractivity contribution < 1.29 is 9.53 Å². The molecule has 7 nitrogen and oxygen atoms in total. The second kappa shape index (κ2) is 7.05. The van der Waals surface area contributed by atoms with Crippen LogP contribution >= 0.6 is 11.6 Å². The molecule has 0 saturated carbocycles. The minimum atomic E-state index is -0.235. The van der Waals surface area contributed by atoms with Crippen molar-refractivity contribution in [2.75, 3.05) is 13.7 Å². The third kappa shape index (κ3) is 4.17. The Bertz CT molecular complexity index is 629. The van der Waals surface area contributed by atoms with Gasteiger partial charge >= 0.3 is 0 Å². The molecule has 0 spiro atoms. The summed E-state index contributed by atoms with van der Waals surface area (Å²) in [7, 11) is 1.60. The number of hydrogen-bond acceptors (Lipinski definition) is 5. The van der Waals surface area contributed by atoms with E-state index in [2.05, 4.69) is 15.6 Å². The van der Waals surface area contributed by atoms with Crippen LogP contribution < -0.4 is 15.8 Å². The number of ether oxygens (including phenoxy) is 1. The highest BCUT2D eigenvalue weighted by Gasteiger charge is 2.07. The first kappa shape index (κ1) is 15.3. The molecule has 0 unspecified atom stereocenters. The van der Waals surface area contributed by atoms with Gasteiger partial charge in [-0.1, -0.05) is 16.8 Å². The Morgan fingerprint density at radius 2 is 2.33 bits per heavy atom. The molecule has 112 valence electrons. The number of carbonyl (C=O) groups is 1. The van der Waals surface area contributed by atoms with Crippen molar-refractivity contribution in [1.29, 1.82) is 0 Å². The van der Waals surface area contributed by atoms with Crippen LogP contribution in [0.1, 0.15) is 11.3 Å². The summed E-state index contributed by atoms with van der Waals surface area (Å²) in [5.74, 6) is 0.494. The van der Waals surface area contributed by atoms with Gasteiger partial charge in [0.15, 0.2) is 0 Å². The molecule has 0 saturated heterocycles. The molecular weight excluding hydrogens is 294 g/mol. The molecule has 2 aromatic rings. The first-order valence-electron chi connectivity index (χ1n) is 6.30. The minimum Gasteiger partial charge on any atom is -0.496 e. The van der Waals surface area contributed by atoms with E-state index >= 15 is 0 Å². The topological polar surface area (TPSA) is 95.1 Å². The van der Waals surface area contributed by atoms with Crippen molar-refractivity contribution >= 4 is 17.5 Å². The van der Waals surface area contributed by atoms with E-state index in [1.54, 1.807) is 30.1 Å². The predicted octanol–water partition coefficient (Wildman–Crippen LogP) is 0.563. The maximum Gasteiger partial charge on any atom is 0.234 e. The van der Waals surface area contributed by atoms with Crippen LogP contribution in [0.2, 0.25) is 5.02 Å². The highest BCUT2D eigenvalue weighted by Crippen LogP contribution is 2.23. The molecule has 8 heteroatoms. The first-order chi connectivity index (χ1) is 10.1. The molecule has 0 aliphatic heterocycles. The van der Waals surface area contributed by atoms with Gasteiger partial charge in [-0.05, 0) is 18.2 Å². The van der Waals surface area contributed by atoms with Gasteiger partial charge in [-0.15, -0.1) is 5.10 Å². The van der Waals surface area contributed by atoms with Gasteiger partial charge in [0, 0.05) is 10.6 Å². The summed E-state index contributed by atoms with van der Waals surface area (Å²) in [5, 5.41) is 11.2. The molecule has 1 aromatic carbocycles. The average Bonchev–Trinajstić information content (AvgIpc) is 2.92. The Morgan fingerprint density at radius 3 is 3.05 bits per heavy atom.